The van der Waals surface area contributed by atoms with E-state index in [0.717, 1.165) is 19.6 Å². The van der Waals surface area contributed by atoms with Crippen LogP contribution in [0.4, 0.5) is 5.69 Å². The summed E-state index contributed by atoms with van der Waals surface area (Å²) in [6, 6.07) is 2.76. The molecule has 0 aromatic carbocycles. The molecule has 100 valence electrons. The van der Waals surface area contributed by atoms with Gasteiger partial charge < -0.3 is 10.2 Å². The molecule has 0 spiro atoms. The van der Waals surface area contributed by atoms with Crippen molar-refractivity contribution < 1.29 is 0 Å². The molecule has 1 saturated heterocycles. The van der Waals surface area contributed by atoms with Gasteiger partial charge in [-0.1, -0.05) is 20.8 Å². The molecule has 1 aliphatic heterocycles. The Morgan fingerprint density at radius 1 is 1.33 bits per heavy atom. The van der Waals surface area contributed by atoms with Crippen LogP contribution >= 0.6 is 0 Å². The number of rotatable bonds is 1. The van der Waals surface area contributed by atoms with Crippen LogP contribution in [0.5, 0.6) is 0 Å². The minimum absolute atomic E-state index is 0.292. The molecule has 3 nitrogen and oxygen atoms in total. The Bertz CT molecular complexity index is 395. The van der Waals surface area contributed by atoms with Gasteiger partial charge in [-0.05, 0) is 36.9 Å². The first kappa shape index (κ1) is 13.3. The molecule has 0 bridgehead atoms. The van der Waals surface area contributed by atoms with Crippen molar-refractivity contribution in [3.05, 3.63) is 24.0 Å². The lowest BCUT2D eigenvalue weighted by Crippen LogP contribution is -2.46. The van der Waals surface area contributed by atoms with Gasteiger partial charge in [0, 0.05) is 25.3 Å². The largest absolute Gasteiger partial charge is 0.369 e. The molecule has 1 atom stereocenters. The maximum atomic E-state index is 4.32. The summed E-state index contributed by atoms with van der Waals surface area (Å²) in [5, 5.41) is 3.67. The third-order valence-corrected chi connectivity index (χ3v) is 3.67. The van der Waals surface area contributed by atoms with Gasteiger partial charge in [-0.15, -0.1) is 0 Å². The Kier molecular flexibility index (Phi) is 3.91. The van der Waals surface area contributed by atoms with E-state index in [1.165, 1.54) is 17.7 Å². The smallest absolute Gasteiger partial charge is 0.0555 e. The SMILES string of the molecule is Cc1cncc(N2CCCNC(C(C)(C)C)C2)c1. The fraction of sp³-hybridized carbons (Fsp3) is 0.667. The van der Waals surface area contributed by atoms with E-state index in [1.54, 1.807) is 0 Å². The van der Waals surface area contributed by atoms with E-state index in [-0.39, 0.29) is 0 Å². The van der Waals surface area contributed by atoms with Crippen LogP contribution in [0, 0.1) is 12.3 Å². The Labute approximate surface area is 111 Å². The predicted molar refractivity (Wildman–Crippen MR) is 77.0 cm³/mol. The van der Waals surface area contributed by atoms with E-state index in [9.17, 15) is 0 Å². The zero-order valence-electron chi connectivity index (χ0n) is 12.0. The fourth-order valence-electron chi connectivity index (χ4n) is 2.45. The summed E-state index contributed by atoms with van der Waals surface area (Å²) in [4.78, 5) is 6.78. The molecule has 1 aromatic heterocycles. The second-order valence-corrected chi connectivity index (χ2v) is 6.39. The van der Waals surface area contributed by atoms with Crippen molar-refractivity contribution in [1.82, 2.24) is 10.3 Å². The highest BCUT2D eigenvalue weighted by Crippen LogP contribution is 2.24. The minimum atomic E-state index is 0.292. The number of hydrogen-bond acceptors (Lipinski definition) is 3. The number of hydrogen-bond donors (Lipinski definition) is 1. The second-order valence-electron chi connectivity index (χ2n) is 6.39. The molecule has 1 N–H and O–H groups in total. The van der Waals surface area contributed by atoms with Crippen LogP contribution in [0.3, 0.4) is 0 Å². The van der Waals surface area contributed by atoms with Gasteiger partial charge in [-0.3, -0.25) is 4.98 Å². The molecule has 2 heterocycles. The number of nitrogens with one attached hydrogen (secondary N) is 1. The van der Waals surface area contributed by atoms with Gasteiger partial charge in [0.15, 0.2) is 0 Å². The van der Waals surface area contributed by atoms with Gasteiger partial charge in [0.1, 0.15) is 0 Å². The summed E-state index contributed by atoms with van der Waals surface area (Å²) >= 11 is 0. The molecule has 0 aliphatic carbocycles. The summed E-state index contributed by atoms with van der Waals surface area (Å²) in [7, 11) is 0. The van der Waals surface area contributed by atoms with Gasteiger partial charge in [0.25, 0.3) is 0 Å². The van der Waals surface area contributed by atoms with Gasteiger partial charge in [0.2, 0.25) is 0 Å². The van der Waals surface area contributed by atoms with Gasteiger partial charge in [-0.2, -0.15) is 0 Å². The van der Waals surface area contributed by atoms with Gasteiger partial charge >= 0.3 is 0 Å². The van der Waals surface area contributed by atoms with Crippen LogP contribution in [0.2, 0.25) is 0 Å². The minimum Gasteiger partial charge on any atom is -0.369 e. The number of aryl methyl sites for hydroxylation is 1. The summed E-state index contributed by atoms with van der Waals surface area (Å²) in [5.74, 6) is 0. The molecule has 1 unspecified atom stereocenters. The van der Waals surface area contributed by atoms with E-state index >= 15 is 0 Å². The Morgan fingerprint density at radius 3 is 2.78 bits per heavy atom. The number of aromatic nitrogens is 1. The van der Waals surface area contributed by atoms with Crippen LogP contribution < -0.4 is 10.2 Å². The first-order chi connectivity index (χ1) is 8.47. The first-order valence-electron chi connectivity index (χ1n) is 6.87. The molecular formula is C15H25N3. The standard InChI is InChI=1S/C15H25N3/c1-12-8-13(10-16-9-12)18-7-5-6-17-14(11-18)15(2,3)4/h8-10,14,17H,5-7,11H2,1-4H3. The third kappa shape index (κ3) is 3.22. The van der Waals surface area contributed by atoms with Crippen LogP contribution in [0.25, 0.3) is 0 Å². The number of pyridine rings is 1. The summed E-state index contributed by atoms with van der Waals surface area (Å²) in [5.41, 5.74) is 2.78. The van der Waals surface area contributed by atoms with Crippen LogP contribution in [-0.4, -0.2) is 30.7 Å². The van der Waals surface area contributed by atoms with Crippen LogP contribution in [0.1, 0.15) is 32.8 Å². The lowest BCUT2D eigenvalue weighted by molar-refractivity contribution is 0.280. The summed E-state index contributed by atoms with van der Waals surface area (Å²) in [6.07, 6.45) is 5.10. The molecule has 2 rings (SSSR count). The van der Waals surface area contributed by atoms with Crippen molar-refractivity contribution in [2.75, 3.05) is 24.5 Å². The lowest BCUT2D eigenvalue weighted by atomic mass is 9.86. The average Bonchev–Trinajstić information content (AvgIpc) is 2.53. The quantitative estimate of drug-likeness (QED) is 0.827. The maximum Gasteiger partial charge on any atom is 0.0555 e. The molecule has 3 heteroatoms. The highest BCUT2D eigenvalue weighted by atomic mass is 15.2. The zero-order chi connectivity index (χ0) is 13.2. The number of anilines is 1. The van der Waals surface area contributed by atoms with Crippen LogP contribution in [0.15, 0.2) is 18.5 Å². The van der Waals surface area contributed by atoms with E-state index < -0.39 is 0 Å². The van der Waals surface area contributed by atoms with Crippen molar-refractivity contribution in [2.45, 2.75) is 40.2 Å². The Morgan fingerprint density at radius 2 is 2.11 bits per heavy atom. The molecular weight excluding hydrogens is 222 g/mol. The third-order valence-electron chi connectivity index (χ3n) is 3.67. The monoisotopic (exact) mass is 247 g/mol. The highest BCUT2D eigenvalue weighted by molar-refractivity contribution is 5.46. The highest BCUT2D eigenvalue weighted by Gasteiger charge is 2.28. The predicted octanol–water partition coefficient (Wildman–Crippen LogP) is 2.60. The fourth-order valence-corrected chi connectivity index (χ4v) is 2.45. The van der Waals surface area contributed by atoms with E-state index in [2.05, 4.69) is 49.0 Å². The topological polar surface area (TPSA) is 28.2 Å². The zero-order valence-corrected chi connectivity index (χ0v) is 12.0. The molecule has 0 radical (unpaired) electrons. The first-order valence-corrected chi connectivity index (χ1v) is 6.87. The van der Waals surface area contributed by atoms with Crippen LogP contribution in [-0.2, 0) is 0 Å². The summed E-state index contributed by atoms with van der Waals surface area (Å²) in [6.45, 7) is 12.3. The molecule has 1 fully saturated rings. The number of nitrogens with zero attached hydrogens (tertiary/aromatic N) is 2. The Balaban J connectivity index is 2.17. The van der Waals surface area contributed by atoms with Crippen molar-refractivity contribution in [3.8, 4) is 0 Å². The maximum absolute atomic E-state index is 4.32. The van der Waals surface area contributed by atoms with E-state index in [4.69, 9.17) is 0 Å². The van der Waals surface area contributed by atoms with E-state index in [1.807, 2.05) is 12.4 Å². The second kappa shape index (κ2) is 5.27. The average molecular weight is 247 g/mol. The molecule has 0 saturated carbocycles. The van der Waals surface area contributed by atoms with Gasteiger partial charge in [0.05, 0.1) is 11.9 Å². The Hall–Kier alpha value is -1.09. The van der Waals surface area contributed by atoms with Gasteiger partial charge in [-0.25, -0.2) is 0 Å². The molecule has 0 amide bonds. The molecule has 18 heavy (non-hydrogen) atoms. The lowest BCUT2D eigenvalue weighted by Gasteiger charge is -2.34. The molecule has 1 aromatic rings. The normalized spacial score (nSPS) is 21.8. The van der Waals surface area contributed by atoms with Crippen molar-refractivity contribution >= 4 is 5.69 Å². The summed E-state index contributed by atoms with van der Waals surface area (Å²) < 4.78 is 0. The van der Waals surface area contributed by atoms with E-state index in [0.29, 0.717) is 11.5 Å². The van der Waals surface area contributed by atoms with Crippen molar-refractivity contribution in [1.29, 1.82) is 0 Å². The van der Waals surface area contributed by atoms with Crippen molar-refractivity contribution in [2.24, 2.45) is 5.41 Å². The molecule has 1 aliphatic rings. The van der Waals surface area contributed by atoms with Crippen molar-refractivity contribution in [3.63, 3.8) is 0 Å².